The van der Waals surface area contributed by atoms with Gasteiger partial charge in [0.2, 0.25) is 0 Å². The topological polar surface area (TPSA) is 69.7 Å². The standard InChI is InChI=1S/C18H21IO5/c1-4-14(24-12(2)20)8-5-7-13(21)11-16(22)18-15(19)9-6-10-17(18)23-3/h4,6,9-10,14H,1,5,7-8,11H2,2-3H3. The van der Waals surface area contributed by atoms with Gasteiger partial charge in [0.25, 0.3) is 0 Å². The first-order valence-electron chi connectivity index (χ1n) is 7.56. The maximum absolute atomic E-state index is 12.4. The molecule has 0 aliphatic rings. The number of ketones is 2. The highest BCUT2D eigenvalue weighted by atomic mass is 127. The first-order chi connectivity index (χ1) is 11.4. The van der Waals surface area contributed by atoms with Crippen LogP contribution in [0.25, 0.3) is 0 Å². The predicted octanol–water partition coefficient (Wildman–Crippen LogP) is 3.73. The van der Waals surface area contributed by atoms with E-state index >= 15 is 0 Å². The molecule has 1 aromatic rings. The number of methoxy groups -OCH3 is 1. The van der Waals surface area contributed by atoms with Gasteiger partial charge in [-0.1, -0.05) is 18.7 Å². The lowest BCUT2D eigenvalue weighted by atomic mass is 10.0. The molecule has 0 N–H and O–H groups in total. The molecule has 0 spiro atoms. The fraction of sp³-hybridized carbons (Fsp3) is 0.389. The van der Waals surface area contributed by atoms with Crippen LogP contribution in [0.3, 0.4) is 0 Å². The van der Waals surface area contributed by atoms with E-state index in [1.807, 2.05) is 0 Å². The van der Waals surface area contributed by atoms with Gasteiger partial charge in [-0.3, -0.25) is 14.4 Å². The van der Waals surface area contributed by atoms with Gasteiger partial charge in [0.15, 0.2) is 5.78 Å². The Morgan fingerprint density at radius 3 is 2.62 bits per heavy atom. The third-order valence-corrected chi connectivity index (χ3v) is 4.26. The van der Waals surface area contributed by atoms with Crippen molar-refractivity contribution in [1.82, 2.24) is 0 Å². The third kappa shape index (κ3) is 6.43. The number of rotatable bonds is 10. The summed E-state index contributed by atoms with van der Waals surface area (Å²) in [7, 11) is 1.49. The zero-order valence-electron chi connectivity index (χ0n) is 13.8. The number of ether oxygens (including phenoxy) is 2. The van der Waals surface area contributed by atoms with Crippen LogP contribution in [0.15, 0.2) is 30.9 Å². The summed E-state index contributed by atoms with van der Waals surface area (Å²) in [5, 5.41) is 0. The summed E-state index contributed by atoms with van der Waals surface area (Å²) in [6, 6.07) is 5.30. The predicted molar refractivity (Wildman–Crippen MR) is 99.3 cm³/mol. The molecule has 1 aromatic carbocycles. The van der Waals surface area contributed by atoms with Crippen molar-refractivity contribution in [3.8, 4) is 5.75 Å². The fourth-order valence-corrected chi connectivity index (χ4v) is 3.01. The van der Waals surface area contributed by atoms with E-state index < -0.39 is 6.10 Å². The second kappa shape index (κ2) is 10.2. The van der Waals surface area contributed by atoms with Crippen LogP contribution in [0.2, 0.25) is 0 Å². The highest BCUT2D eigenvalue weighted by Crippen LogP contribution is 2.25. The second-order valence-corrected chi connectivity index (χ2v) is 6.39. The Kier molecular flexibility index (Phi) is 8.67. The summed E-state index contributed by atoms with van der Waals surface area (Å²) in [4.78, 5) is 35.3. The van der Waals surface area contributed by atoms with Crippen LogP contribution >= 0.6 is 22.6 Å². The van der Waals surface area contributed by atoms with Crippen molar-refractivity contribution in [3.05, 3.63) is 40.0 Å². The number of hydrogen-bond donors (Lipinski definition) is 0. The van der Waals surface area contributed by atoms with Crippen LogP contribution in [0, 0.1) is 3.57 Å². The van der Waals surface area contributed by atoms with Gasteiger partial charge in [-0.15, -0.1) is 0 Å². The van der Waals surface area contributed by atoms with Gasteiger partial charge in [-0.25, -0.2) is 0 Å². The maximum Gasteiger partial charge on any atom is 0.303 e. The molecule has 0 amide bonds. The molecule has 1 atom stereocenters. The molecule has 0 bridgehead atoms. The largest absolute Gasteiger partial charge is 0.496 e. The lowest BCUT2D eigenvalue weighted by Crippen LogP contribution is -2.15. The number of esters is 1. The van der Waals surface area contributed by atoms with Crippen molar-refractivity contribution in [1.29, 1.82) is 0 Å². The van der Waals surface area contributed by atoms with Gasteiger partial charge < -0.3 is 9.47 Å². The number of carbonyl (C=O) groups excluding carboxylic acids is 3. The molecule has 130 valence electrons. The minimum atomic E-state index is -0.402. The third-order valence-electron chi connectivity index (χ3n) is 3.36. The Morgan fingerprint density at radius 1 is 1.33 bits per heavy atom. The van der Waals surface area contributed by atoms with Crippen molar-refractivity contribution in [2.75, 3.05) is 7.11 Å². The van der Waals surface area contributed by atoms with Crippen LogP contribution in [0.1, 0.15) is 43.0 Å². The molecular formula is C18H21IO5. The van der Waals surface area contributed by atoms with Crippen LogP contribution in [0.4, 0.5) is 0 Å². The average molecular weight is 444 g/mol. The number of Topliss-reactive ketones (excluding diaryl/α,β-unsaturated/α-hetero) is 2. The molecule has 6 heteroatoms. The molecule has 0 aromatic heterocycles. The number of carbonyl (C=O) groups is 3. The molecular weight excluding hydrogens is 423 g/mol. The molecule has 24 heavy (non-hydrogen) atoms. The first kappa shape index (κ1) is 20.3. The molecule has 1 unspecified atom stereocenters. The van der Waals surface area contributed by atoms with Crippen molar-refractivity contribution >= 4 is 40.1 Å². The van der Waals surface area contributed by atoms with Crippen LogP contribution in [-0.2, 0) is 14.3 Å². The number of hydrogen-bond acceptors (Lipinski definition) is 5. The lowest BCUT2D eigenvalue weighted by molar-refractivity contribution is -0.144. The van der Waals surface area contributed by atoms with Crippen molar-refractivity contribution in [2.45, 2.75) is 38.7 Å². The summed E-state index contributed by atoms with van der Waals surface area (Å²) in [5.41, 5.74) is 0.442. The number of benzene rings is 1. The Balaban J connectivity index is 2.55. The summed E-state index contributed by atoms with van der Waals surface area (Å²) >= 11 is 2.05. The minimum Gasteiger partial charge on any atom is -0.496 e. The zero-order chi connectivity index (χ0) is 18.1. The Morgan fingerprint density at radius 2 is 2.04 bits per heavy atom. The van der Waals surface area contributed by atoms with Gasteiger partial charge in [0.1, 0.15) is 17.6 Å². The van der Waals surface area contributed by atoms with Crippen LogP contribution in [-0.4, -0.2) is 30.7 Å². The van der Waals surface area contributed by atoms with Gasteiger partial charge >= 0.3 is 5.97 Å². The van der Waals surface area contributed by atoms with E-state index in [4.69, 9.17) is 9.47 Å². The molecule has 0 radical (unpaired) electrons. The highest BCUT2D eigenvalue weighted by molar-refractivity contribution is 14.1. The molecule has 0 heterocycles. The Bertz CT molecular complexity index is 624. The SMILES string of the molecule is C=CC(CCCC(=O)CC(=O)c1c(I)cccc1OC)OC(C)=O. The summed E-state index contributed by atoms with van der Waals surface area (Å²) in [5.74, 6) is -0.303. The molecule has 1 rings (SSSR count). The van der Waals surface area contributed by atoms with Crippen LogP contribution < -0.4 is 4.74 Å². The van der Waals surface area contributed by atoms with E-state index in [1.165, 1.54) is 20.1 Å². The van der Waals surface area contributed by atoms with Crippen molar-refractivity contribution in [3.63, 3.8) is 0 Å². The monoisotopic (exact) mass is 444 g/mol. The van der Waals surface area contributed by atoms with E-state index in [9.17, 15) is 14.4 Å². The summed E-state index contributed by atoms with van der Waals surface area (Å²) in [6.07, 6.45) is 2.26. The van der Waals surface area contributed by atoms with Gasteiger partial charge in [-0.05, 0) is 47.6 Å². The van der Waals surface area contributed by atoms with Crippen molar-refractivity contribution in [2.24, 2.45) is 0 Å². The highest BCUT2D eigenvalue weighted by Gasteiger charge is 2.19. The Hall–Kier alpha value is -1.70. The van der Waals surface area contributed by atoms with Crippen molar-refractivity contribution < 1.29 is 23.9 Å². The molecule has 0 saturated carbocycles. The van der Waals surface area contributed by atoms with E-state index in [0.29, 0.717) is 24.2 Å². The van der Waals surface area contributed by atoms with Crippen LogP contribution in [0.5, 0.6) is 5.75 Å². The fourth-order valence-electron chi connectivity index (χ4n) is 2.24. The molecule has 0 aliphatic heterocycles. The summed E-state index contributed by atoms with van der Waals surface area (Å²) < 4.78 is 11.0. The molecule has 0 saturated heterocycles. The van der Waals surface area contributed by atoms with E-state index in [0.717, 1.165) is 3.57 Å². The zero-order valence-corrected chi connectivity index (χ0v) is 16.0. The quantitative estimate of drug-likeness (QED) is 0.181. The normalized spacial score (nSPS) is 11.5. The van der Waals surface area contributed by atoms with E-state index in [-0.39, 0.29) is 30.4 Å². The maximum atomic E-state index is 12.4. The molecule has 0 fully saturated rings. The van der Waals surface area contributed by atoms with Gasteiger partial charge in [0.05, 0.1) is 19.1 Å². The average Bonchev–Trinajstić information content (AvgIpc) is 2.52. The lowest BCUT2D eigenvalue weighted by Gasteiger charge is -2.12. The molecule has 0 aliphatic carbocycles. The van der Waals surface area contributed by atoms with E-state index in [2.05, 4.69) is 29.2 Å². The second-order valence-electron chi connectivity index (χ2n) is 5.23. The Labute approximate surface area is 155 Å². The van der Waals surface area contributed by atoms with Gasteiger partial charge in [0, 0.05) is 16.9 Å². The van der Waals surface area contributed by atoms with Gasteiger partial charge in [-0.2, -0.15) is 0 Å². The summed E-state index contributed by atoms with van der Waals surface area (Å²) in [6.45, 7) is 4.93. The van der Waals surface area contributed by atoms with E-state index in [1.54, 1.807) is 18.2 Å². The first-order valence-corrected chi connectivity index (χ1v) is 8.64. The molecule has 5 nitrogen and oxygen atoms in total. The smallest absolute Gasteiger partial charge is 0.303 e. The minimum absolute atomic E-state index is 0.146. The number of halogens is 1.